The van der Waals surface area contributed by atoms with Crippen LogP contribution in [0.3, 0.4) is 0 Å². The molecule has 0 unspecified atom stereocenters. The van der Waals surface area contributed by atoms with E-state index in [-0.39, 0.29) is 37.1 Å². The number of nitrogens with zero attached hydrogens (tertiary/aromatic N) is 3. The first-order valence-electron chi connectivity index (χ1n) is 10.3. The fraction of sp³-hybridized carbons (Fsp3) is 0.304. The molecule has 1 aliphatic rings. The van der Waals surface area contributed by atoms with Gasteiger partial charge < -0.3 is 25.0 Å². The lowest BCUT2D eigenvalue weighted by molar-refractivity contribution is -0.138. The van der Waals surface area contributed by atoms with Crippen LogP contribution in [0.2, 0.25) is 0 Å². The van der Waals surface area contributed by atoms with Crippen molar-refractivity contribution in [3.63, 3.8) is 0 Å². The van der Waals surface area contributed by atoms with Crippen LogP contribution in [0, 0.1) is 6.92 Å². The molecule has 1 saturated heterocycles. The van der Waals surface area contributed by atoms with Crippen LogP contribution in [0.1, 0.15) is 23.4 Å². The molecule has 2 amide bonds. The van der Waals surface area contributed by atoms with Crippen molar-refractivity contribution in [3.05, 3.63) is 65.7 Å². The van der Waals surface area contributed by atoms with Gasteiger partial charge >= 0.3 is 0 Å². The maximum atomic E-state index is 12.8. The zero-order valence-electron chi connectivity index (χ0n) is 17.6. The molecular formula is C23H24N4O5. The summed E-state index contributed by atoms with van der Waals surface area (Å²) in [7, 11) is 0. The molecule has 3 heterocycles. The molecule has 4 rings (SSSR count). The Morgan fingerprint density at radius 1 is 1.19 bits per heavy atom. The first-order chi connectivity index (χ1) is 15.4. The number of hydrogen-bond donors (Lipinski definition) is 3. The van der Waals surface area contributed by atoms with Gasteiger partial charge in [0.1, 0.15) is 11.8 Å². The molecule has 3 N–H and O–H groups in total. The molecule has 0 bridgehead atoms. The van der Waals surface area contributed by atoms with Crippen molar-refractivity contribution in [2.75, 3.05) is 6.54 Å². The number of aliphatic hydroxyl groups excluding tert-OH is 1. The third-order valence-electron chi connectivity index (χ3n) is 5.41. The number of likely N-dealkylation sites (tertiary alicyclic amines) is 1. The monoisotopic (exact) mass is 436 g/mol. The minimum absolute atomic E-state index is 0.00901. The molecule has 1 aromatic carbocycles. The lowest BCUT2D eigenvalue weighted by atomic mass is 10.1. The molecule has 1 fully saturated rings. The van der Waals surface area contributed by atoms with Crippen LogP contribution in [0.5, 0.6) is 5.88 Å². The summed E-state index contributed by atoms with van der Waals surface area (Å²) in [6.45, 7) is 2.17. The Labute approximate surface area is 184 Å². The number of amides is 2. The minimum Gasteiger partial charge on any atom is -0.493 e. The van der Waals surface area contributed by atoms with Gasteiger partial charge in [-0.1, -0.05) is 29.4 Å². The summed E-state index contributed by atoms with van der Waals surface area (Å²) in [4.78, 5) is 30.7. The highest BCUT2D eigenvalue weighted by Gasteiger charge is 2.38. The van der Waals surface area contributed by atoms with Crippen LogP contribution in [-0.4, -0.2) is 55.8 Å². The zero-order chi connectivity index (χ0) is 22.7. The third-order valence-corrected chi connectivity index (χ3v) is 5.41. The van der Waals surface area contributed by atoms with Gasteiger partial charge in [-0.15, -0.1) is 0 Å². The zero-order valence-corrected chi connectivity index (χ0v) is 17.6. The quantitative estimate of drug-likeness (QED) is 0.535. The van der Waals surface area contributed by atoms with E-state index in [1.807, 2.05) is 24.3 Å². The lowest BCUT2D eigenvalue weighted by Gasteiger charge is -2.23. The number of pyridine rings is 1. The highest BCUT2D eigenvalue weighted by molar-refractivity contribution is 5.89. The van der Waals surface area contributed by atoms with E-state index < -0.39 is 12.1 Å². The number of carbonyl (C=O) groups is 2. The minimum atomic E-state index is -0.746. The molecule has 32 heavy (non-hydrogen) atoms. The van der Waals surface area contributed by atoms with Gasteiger partial charge in [0, 0.05) is 43.4 Å². The summed E-state index contributed by atoms with van der Waals surface area (Å²) in [5, 5.41) is 26.0. The number of aromatic nitrogens is 2. The molecule has 9 nitrogen and oxygen atoms in total. The van der Waals surface area contributed by atoms with Crippen LogP contribution in [0.25, 0.3) is 11.1 Å². The molecular weight excluding hydrogens is 412 g/mol. The molecule has 3 aromatic rings. The van der Waals surface area contributed by atoms with E-state index in [1.54, 1.807) is 25.3 Å². The number of rotatable bonds is 6. The summed E-state index contributed by atoms with van der Waals surface area (Å²) in [5.74, 6) is -0.203. The van der Waals surface area contributed by atoms with E-state index in [0.29, 0.717) is 18.0 Å². The van der Waals surface area contributed by atoms with Crippen molar-refractivity contribution in [1.29, 1.82) is 0 Å². The van der Waals surface area contributed by atoms with Crippen molar-refractivity contribution in [1.82, 2.24) is 20.4 Å². The van der Waals surface area contributed by atoms with Crippen LogP contribution in [0.15, 0.2) is 53.2 Å². The van der Waals surface area contributed by atoms with Crippen molar-refractivity contribution in [2.24, 2.45) is 0 Å². The third kappa shape index (κ3) is 4.94. The summed E-state index contributed by atoms with van der Waals surface area (Å²) in [6, 6.07) is 11.8. The van der Waals surface area contributed by atoms with Gasteiger partial charge in [0.05, 0.1) is 18.2 Å². The molecule has 1 aliphatic heterocycles. The standard InChI is InChI=1S/C23H24N4O5/c1-14-8-19(32-26-14)10-22(30)27-13-18(28)9-20(27)23(31)25-11-15-2-4-16(5-3-15)17-6-7-21(29)24-12-17/h2-8,12,18,20,28H,9-11,13H2,1H3,(H,24,29)(H,25,31)/t18-,20+/m1/s1. The number of β-amino-alcohol motifs (C(OH)–C–C–N with tert-alkyl or cyclic N) is 1. The van der Waals surface area contributed by atoms with E-state index >= 15 is 0 Å². The molecule has 166 valence electrons. The van der Waals surface area contributed by atoms with E-state index in [9.17, 15) is 19.8 Å². The first-order valence-corrected chi connectivity index (χ1v) is 10.3. The SMILES string of the molecule is Cc1cc(CC(=O)N2C[C@H](O)C[C@H]2C(=O)NCc2ccc(-c3ccc(O)nc3)cc2)on1. The summed E-state index contributed by atoms with van der Waals surface area (Å²) >= 11 is 0. The van der Waals surface area contributed by atoms with Gasteiger partial charge in [-0.2, -0.15) is 0 Å². The molecule has 2 aromatic heterocycles. The number of benzene rings is 1. The van der Waals surface area contributed by atoms with Crippen molar-refractivity contribution in [2.45, 2.75) is 38.5 Å². The van der Waals surface area contributed by atoms with Gasteiger partial charge in [0.15, 0.2) is 0 Å². The number of carbonyl (C=O) groups excluding carboxylic acids is 2. The van der Waals surface area contributed by atoms with Crippen molar-refractivity contribution >= 4 is 11.8 Å². The smallest absolute Gasteiger partial charge is 0.243 e. The number of aromatic hydroxyl groups is 1. The summed E-state index contributed by atoms with van der Waals surface area (Å²) in [5.41, 5.74) is 3.37. The maximum absolute atomic E-state index is 12.8. The Kier molecular flexibility index (Phi) is 6.18. The van der Waals surface area contributed by atoms with Crippen LogP contribution in [0.4, 0.5) is 0 Å². The molecule has 9 heteroatoms. The molecule has 2 atom stereocenters. The first kappa shape index (κ1) is 21.5. The van der Waals surface area contributed by atoms with Gasteiger partial charge in [0.25, 0.3) is 0 Å². The fourth-order valence-electron chi connectivity index (χ4n) is 3.77. The second-order valence-corrected chi connectivity index (χ2v) is 7.88. The second-order valence-electron chi connectivity index (χ2n) is 7.88. The number of aliphatic hydroxyl groups is 1. The Hall–Kier alpha value is -3.72. The molecule has 0 aliphatic carbocycles. The average molecular weight is 436 g/mol. The number of nitrogens with one attached hydrogen (secondary N) is 1. The molecule has 0 radical (unpaired) electrons. The van der Waals surface area contributed by atoms with Gasteiger partial charge in [-0.25, -0.2) is 4.98 Å². The van der Waals surface area contributed by atoms with Gasteiger partial charge in [0.2, 0.25) is 17.7 Å². The van der Waals surface area contributed by atoms with Crippen LogP contribution < -0.4 is 5.32 Å². The molecule has 0 saturated carbocycles. The predicted molar refractivity (Wildman–Crippen MR) is 114 cm³/mol. The van der Waals surface area contributed by atoms with E-state index in [2.05, 4.69) is 15.5 Å². The number of hydrogen-bond acceptors (Lipinski definition) is 7. The maximum Gasteiger partial charge on any atom is 0.243 e. The topological polar surface area (TPSA) is 129 Å². The van der Waals surface area contributed by atoms with Crippen molar-refractivity contribution in [3.8, 4) is 17.0 Å². The van der Waals surface area contributed by atoms with Crippen molar-refractivity contribution < 1.29 is 24.3 Å². The van der Waals surface area contributed by atoms with Gasteiger partial charge in [-0.3, -0.25) is 9.59 Å². The van der Waals surface area contributed by atoms with E-state index in [0.717, 1.165) is 16.7 Å². The molecule has 0 spiro atoms. The van der Waals surface area contributed by atoms with E-state index in [4.69, 9.17) is 4.52 Å². The van der Waals surface area contributed by atoms with Crippen LogP contribution in [-0.2, 0) is 22.6 Å². The Bertz CT molecular complexity index is 1090. The van der Waals surface area contributed by atoms with Crippen LogP contribution >= 0.6 is 0 Å². The highest BCUT2D eigenvalue weighted by atomic mass is 16.5. The average Bonchev–Trinajstić information content (AvgIpc) is 3.38. The fourth-order valence-corrected chi connectivity index (χ4v) is 3.77. The highest BCUT2D eigenvalue weighted by Crippen LogP contribution is 2.22. The summed E-state index contributed by atoms with van der Waals surface area (Å²) in [6.07, 6.45) is 1.03. The van der Waals surface area contributed by atoms with E-state index in [1.165, 1.54) is 11.0 Å². The Morgan fingerprint density at radius 3 is 2.59 bits per heavy atom. The lowest BCUT2D eigenvalue weighted by Crippen LogP contribution is -2.46. The number of aryl methyl sites for hydroxylation is 1. The Balaban J connectivity index is 1.35. The second kappa shape index (κ2) is 9.19. The summed E-state index contributed by atoms with van der Waals surface area (Å²) < 4.78 is 5.09. The normalized spacial score (nSPS) is 18.0. The largest absolute Gasteiger partial charge is 0.493 e. The Morgan fingerprint density at radius 2 is 1.94 bits per heavy atom. The van der Waals surface area contributed by atoms with Gasteiger partial charge in [-0.05, 0) is 24.1 Å². The predicted octanol–water partition coefficient (Wildman–Crippen LogP) is 1.57.